The molecule has 1 fully saturated rings. The summed E-state index contributed by atoms with van der Waals surface area (Å²) in [6.45, 7) is 5.16. The highest BCUT2D eigenvalue weighted by Gasteiger charge is 2.44. The molecule has 0 radical (unpaired) electrons. The molecule has 6 nitrogen and oxygen atoms in total. The van der Waals surface area contributed by atoms with Crippen LogP contribution in [0.2, 0.25) is 0 Å². The zero-order chi connectivity index (χ0) is 16.7. The van der Waals surface area contributed by atoms with Gasteiger partial charge in [-0.1, -0.05) is 25.1 Å². The summed E-state index contributed by atoms with van der Waals surface area (Å²) in [6, 6.07) is 5.93. The highest BCUT2D eigenvalue weighted by Crippen LogP contribution is 2.50. The van der Waals surface area contributed by atoms with Gasteiger partial charge in [0.2, 0.25) is 5.91 Å². The Bertz CT molecular complexity index is 768. The highest BCUT2D eigenvalue weighted by atomic mass is 16.6. The Balaban J connectivity index is 1.44. The van der Waals surface area contributed by atoms with Gasteiger partial charge in [0.1, 0.15) is 18.9 Å². The number of hydrogen-bond donors (Lipinski definition) is 1. The number of benzene rings is 1. The van der Waals surface area contributed by atoms with Crippen molar-refractivity contribution in [2.75, 3.05) is 18.5 Å². The van der Waals surface area contributed by atoms with Crippen LogP contribution in [0.5, 0.6) is 11.5 Å². The smallest absolute Gasteiger partial charge is 0.228 e. The summed E-state index contributed by atoms with van der Waals surface area (Å²) in [7, 11) is 0. The molecule has 1 aromatic carbocycles. The molecule has 2 aromatic rings. The number of anilines is 1. The largest absolute Gasteiger partial charge is 0.486 e. The van der Waals surface area contributed by atoms with Crippen LogP contribution in [0.25, 0.3) is 0 Å². The molecule has 2 aliphatic rings. The van der Waals surface area contributed by atoms with Crippen LogP contribution < -0.4 is 14.8 Å². The summed E-state index contributed by atoms with van der Waals surface area (Å²) in [4.78, 5) is 12.5. The van der Waals surface area contributed by atoms with E-state index in [1.165, 1.54) is 0 Å². The van der Waals surface area contributed by atoms with Gasteiger partial charge in [-0.15, -0.1) is 0 Å². The summed E-state index contributed by atoms with van der Waals surface area (Å²) < 4.78 is 16.4. The zero-order valence-electron chi connectivity index (χ0n) is 13.7. The summed E-state index contributed by atoms with van der Waals surface area (Å²) in [5.74, 6) is 2.64. The molecule has 1 N–H and O–H groups in total. The van der Waals surface area contributed by atoms with Gasteiger partial charge < -0.3 is 19.3 Å². The number of carbonyl (C=O) groups is 1. The van der Waals surface area contributed by atoms with E-state index in [1.807, 2.05) is 32.0 Å². The maximum absolute atomic E-state index is 12.5. The molecule has 2 unspecified atom stereocenters. The summed E-state index contributed by atoms with van der Waals surface area (Å²) in [5, 5.41) is 6.73. The summed E-state index contributed by atoms with van der Waals surface area (Å²) in [6.07, 6.45) is 2.41. The third kappa shape index (κ3) is 2.72. The van der Waals surface area contributed by atoms with Gasteiger partial charge in [0.15, 0.2) is 17.3 Å². The predicted molar refractivity (Wildman–Crippen MR) is 87.5 cm³/mol. The molecule has 1 aromatic heterocycles. The van der Waals surface area contributed by atoms with Gasteiger partial charge in [-0.05, 0) is 30.0 Å². The van der Waals surface area contributed by atoms with Crippen LogP contribution >= 0.6 is 0 Å². The monoisotopic (exact) mass is 328 g/mol. The lowest BCUT2D eigenvalue weighted by Crippen LogP contribution is -2.16. The van der Waals surface area contributed by atoms with Gasteiger partial charge in [-0.2, -0.15) is 0 Å². The number of carbonyl (C=O) groups excluding carboxylic acids is 1. The molecule has 1 aliphatic heterocycles. The number of nitrogens with zero attached hydrogens (tertiary/aromatic N) is 1. The van der Waals surface area contributed by atoms with Crippen LogP contribution in [-0.2, 0) is 4.79 Å². The van der Waals surface area contributed by atoms with Crippen LogP contribution in [-0.4, -0.2) is 24.3 Å². The van der Waals surface area contributed by atoms with E-state index in [-0.39, 0.29) is 23.7 Å². The van der Waals surface area contributed by atoms with Crippen molar-refractivity contribution in [3.63, 3.8) is 0 Å². The normalized spacial score (nSPS) is 21.6. The fourth-order valence-corrected chi connectivity index (χ4v) is 3.13. The fraction of sp³-hybridized carbons (Fsp3) is 0.444. The number of rotatable bonds is 4. The van der Waals surface area contributed by atoms with E-state index in [0.717, 1.165) is 23.5 Å². The van der Waals surface area contributed by atoms with Gasteiger partial charge in [-0.25, -0.2) is 0 Å². The summed E-state index contributed by atoms with van der Waals surface area (Å²) in [5.41, 5.74) is 1.79. The molecule has 1 aliphatic carbocycles. The Kier molecular flexibility index (Phi) is 3.67. The second kappa shape index (κ2) is 5.85. The van der Waals surface area contributed by atoms with Crippen molar-refractivity contribution in [2.24, 2.45) is 5.92 Å². The minimum absolute atomic E-state index is 0.0139. The van der Waals surface area contributed by atoms with Crippen LogP contribution in [0.1, 0.15) is 43.4 Å². The molecule has 2 heterocycles. The molecule has 1 saturated carbocycles. The average Bonchev–Trinajstić information content (AvgIpc) is 3.26. The van der Waals surface area contributed by atoms with Crippen molar-refractivity contribution in [1.29, 1.82) is 0 Å². The van der Waals surface area contributed by atoms with Crippen LogP contribution in [0.4, 0.5) is 5.69 Å². The highest BCUT2D eigenvalue weighted by molar-refractivity contribution is 5.95. The van der Waals surface area contributed by atoms with Crippen molar-refractivity contribution >= 4 is 11.6 Å². The molecule has 24 heavy (non-hydrogen) atoms. The van der Waals surface area contributed by atoms with Crippen molar-refractivity contribution in [3.8, 4) is 11.5 Å². The molecular weight excluding hydrogens is 308 g/mol. The SMILES string of the molecule is CC(C)c1oncc1NC(=O)C1CC1c1ccc2c(c1)OCCO2. The van der Waals surface area contributed by atoms with Crippen molar-refractivity contribution in [2.45, 2.75) is 32.1 Å². The Morgan fingerprint density at radius 1 is 1.25 bits per heavy atom. The zero-order valence-corrected chi connectivity index (χ0v) is 13.7. The van der Waals surface area contributed by atoms with Gasteiger partial charge in [0, 0.05) is 11.8 Å². The molecule has 6 heteroatoms. The number of fused-ring (bicyclic) bond motifs is 1. The Morgan fingerprint density at radius 3 is 2.83 bits per heavy atom. The summed E-state index contributed by atoms with van der Waals surface area (Å²) >= 11 is 0. The molecule has 0 spiro atoms. The Morgan fingerprint density at radius 2 is 2.04 bits per heavy atom. The molecule has 0 bridgehead atoms. The second-order valence-corrected chi connectivity index (χ2v) is 6.60. The lowest BCUT2D eigenvalue weighted by molar-refractivity contribution is -0.117. The lowest BCUT2D eigenvalue weighted by Gasteiger charge is -2.18. The van der Waals surface area contributed by atoms with Crippen LogP contribution in [0.3, 0.4) is 0 Å². The topological polar surface area (TPSA) is 73.6 Å². The molecule has 2 atom stereocenters. The Hall–Kier alpha value is -2.50. The van der Waals surface area contributed by atoms with Crippen LogP contribution in [0, 0.1) is 5.92 Å². The van der Waals surface area contributed by atoms with E-state index in [1.54, 1.807) is 6.20 Å². The fourth-order valence-electron chi connectivity index (χ4n) is 3.13. The first-order valence-corrected chi connectivity index (χ1v) is 8.28. The van der Waals surface area contributed by atoms with Crippen molar-refractivity contribution in [3.05, 3.63) is 35.7 Å². The minimum atomic E-state index is -0.0255. The first kappa shape index (κ1) is 15.1. The standard InChI is InChI=1S/C18H20N2O4/c1-10(2)17-14(9-19-24-17)20-18(21)13-8-12(13)11-3-4-15-16(7-11)23-6-5-22-15/h3-4,7,9-10,12-13H,5-6,8H2,1-2H3,(H,20,21). The Labute approximate surface area is 140 Å². The van der Waals surface area contributed by atoms with E-state index in [9.17, 15) is 4.79 Å². The van der Waals surface area contributed by atoms with Crippen LogP contribution in [0.15, 0.2) is 28.9 Å². The molecule has 1 amide bonds. The lowest BCUT2D eigenvalue weighted by atomic mass is 10.1. The number of ether oxygens (including phenoxy) is 2. The number of nitrogens with one attached hydrogen (secondary N) is 1. The van der Waals surface area contributed by atoms with E-state index in [4.69, 9.17) is 14.0 Å². The van der Waals surface area contributed by atoms with E-state index in [2.05, 4.69) is 10.5 Å². The average molecular weight is 328 g/mol. The third-order valence-electron chi connectivity index (χ3n) is 4.50. The molecule has 126 valence electrons. The minimum Gasteiger partial charge on any atom is -0.486 e. The molecule has 0 saturated heterocycles. The second-order valence-electron chi connectivity index (χ2n) is 6.60. The number of hydrogen-bond acceptors (Lipinski definition) is 5. The third-order valence-corrected chi connectivity index (χ3v) is 4.50. The van der Waals surface area contributed by atoms with Crippen molar-refractivity contribution < 1.29 is 18.8 Å². The van der Waals surface area contributed by atoms with Gasteiger partial charge in [0.25, 0.3) is 0 Å². The van der Waals surface area contributed by atoms with E-state index >= 15 is 0 Å². The van der Waals surface area contributed by atoms with Gasteiger partial charge >= 0.3 is 0 Å². The molecular formula is C18H20N2O4. The van der Waals surface area contributed by atoms with E-state index < -0.39 is 0 Å². The first-order chi connectivity index (χ1) is 11.6. The van der Waals surface area contributed by atoms with Crippen molar-refractivity contribution in [1.82, 2.24) is 5.16 Å². The maximum Gasteiger partial charge on any atom is 0.228 e. The predicted octanol–water partition coefficient (Wildman–Crippen LogP) is 3.31. The van der Waals surface area contributed by atoms with E-state index in [0.29, 0.717) is 24.7 Å². The first-order valence-electron chi connectivity index (χ1n) is 8.28. The number of amides is 1. The number of aromatic nitrogens is 1. The molecule has 4 rings (SSSR count). The van der Waals surface area contributed by atoms with Gasteiger partial charge in [-0.3, -0.25) is 4.79 Å². The maximum atomic E-state index is 12.5. The quantitative estimate of drug-likeness (QED) is 0.932. The van der Waals surface area contributed by atoms with Gasteiger partial charge in [0.05, 0.1) is 6.20 Å².